The standard InChI is InChI=1S/C22H24BNO3/c1-21(2)22(3,4)27-23(26-21)17-11-12-18-16(13-17)14-19(25-5)20(24-18)15-9-7-6-8-10-15/h6-14H,1-5H3. The van der Waals surface area contributed by atoms with Gasteiger partial charge >= 0.3 is 7.12 Å². The van der Waals surface area contributed by atoms with Gasteiger partial charge in [0, 0.05) is 10.9 Å². The quantitative estimate of drug-likeness (QED) is 0.656. The number of methoxy groups -OCH3 is 1. The van der Waals surface area contributed by atoms with Crippen molar-refractivity contribution >= 4 is 23.5 Å². The number of ether oxygens (including phenoxy) is 1. The van der Waals surface area contributed by atoms with Crippen LogP contribution in [0, 0.1) is 0 Å². The molecule has 0 unspecified atom stereocenters. The van der Waals surface area contributed by atoms with Gasteiger partial charge < -0.3 is 14.0 Å². The molecule has 1 saturated heterocycles. The van der Waals surface area contributed by atoms with Crippen LogP contribution in [0.3, 0.4) is 0 Å². The summed E-state index contributed by atoms with van der Waals surface area (Å²) >= 11 is 0. The molecule has 0 atom stereocenters. The van der Waals surface area contributed by atoms with Crippen LogP contribution in [0.1, 0.15) is 27.7 Å². The van der Waals surface area contributed by atoms with Crippen LogP contribution in [0.5, 0.6) is 5.75 Å². The molecule has 2 aromatic carbocycles. The lowest BCUT2D eigenvalue weighted by atomic mass is 9.78. The molecule has 1 aliphatic heterocycles. The predicted molar refractivity (Wildman–Crippen MR) is 109 cm³/mol. The maximum atomic E-state index is 6.17. The minimum atomic E-state index is -0.390. The van der Waals surface area contributed by atoms with Gasteiger partial charge in [-0.2, -0.15) is 0 Å². The molecule has 27 heavy (non-hydrogen) atoms. The lowest BCUT2D eigenvalue weighted by molar-refractivity contribution is 0.00578. The van der Waals surface area contributed by atoms with Crippen LogP contribution in [-0.4, -0.2) is 30.4 Å². The maximum Gasteiger partial charge on any atom is 0.494 e. The average Bonchev–Trinajstić information content (AvgIpc) is 2.88. The molecular formula is C22H24BNO3. The first-order chi connectivity index (χ1) is 12.8. The number of nitrogens with zero attached hydrogens (tertiary/aromatic N) is 1. The van der Waals surface area contributed by atoms with Gasteiger partial charge in [-0.05, 0) is 45.3 Å². The lowest BCUT2D eigenvalue weighted by Crippen LogP contribution is -2.41. The second kappa shape index (κ2) is 6.36. The van der Waals surface area contributed by atoms with Gasteiger partial charge in [0.25, 0.3) is 0 Å². The van der Waals surface area contributed by atoms with Crippen molar-refractivity contribution in [2.75, 3.05) is 7.11 Å². The highest BCUT2D eigenvalue weighted by molar-refractivity contribution is 6.62. The number of benzene rings is 2. The Morgan fingerprint density at radius 3 is 2.19 bits per heavy atom. The molecule has 1 aliphatic rings. The lowest BCUT2D eigenvalue weighted by Gasteiger charge is -2.32. The average molecular weight is 361 g/mol. The van der Waals surface area contributed by atoms with Crippen LogP contribution < -0.4 is 10.2 Å². The van der Waals surface area contributed by atoms with E-state index in [0.717, 1.165) is 33.4 Å². The van der Waals surface area contributed by atoms with Crippen LogP contribution in [0.2, 0.25) is 0 Å². The van der Waals surface area contributed by atoms with Gasteiger partial charge in [0.15, 0.2) is 0 Å². The molecular weight excluding hydrogens is 337 g/mol. The molecule has 3 aromatic rings. The zero-order valence-corrected chi connectivity index (χ0v) is 16.4. The minimum absolute atomic E-state index is 0.361. The Hall–Kier alpha value is -2.37. The van der Waals surface area contributed by atoms with E-state index < -0.39 is 0 Å². The number of hydrogen-bond acceptors (Lipinski definition) is 4. The van der Waals surface area contributed by atoms with Crippen LogP contribution in [0.25, 0.3) is 22.2 Å². The van der Waals surface area contributed by atoms with E-state index in [0.29, 0.717) is 0 Å². The van der Waals surface area contributed by atoms with Crippen molar-refractivity contribution in [1.82, 2.24) is 4.98 Å². The first-order valence-corrected chi connectivity index (χ1v) is 9.20. The van der Waals surface area contributed by atoms with Crippen molar-refractivity contribution < 1.29 is 14.0 Å². The Morgan fingerprint density at radius 2 is 1.56 bits per heavy atom. The monoisotopic (exact) mass is 361 g/mol. The van der Waals surface area contributed by atoms with Crippen molar-refractivity contribution in [3.63, 3.8) is 0 Å². The van der Waals surface area contributed by atoms with Crippen LogP contribution >= 0.6 is 0 Å². The molecule has 0 radical (unpaired) electrons. The van der Waals surface area contributed by atoms with Gasteiger partial charge in [-0.15, -0.1) is 0 Å². The highest BCUT2D eigenvalue weighted by Crippen LogP contribution is 2.37. The second-order valence-electron chi connectivity index (χ2n) is 7.95. The molecule has 0 bridgehead atoms. The zero-order valence-electron chi connectivity index (χ0n) is 16.4. The smallest absolute Gasteiger partial charge is 0.494 e. The van der Waals surface area contributed by atoms with E-state index in [9.17, 15) is 0 Å². The van der Waals surface area contributed by atoms with E-state index in [1.54, 1.807) is 7.11 Å². The summed E-state index contributed by atoms with van der Waals surface area (Å²) in [4.78, 5) is 4.83. The van der Waals surface area contributed by atoms with E-state index in [4.69, 9.17) is 19.0 Å². The van der Waals surface area contributed by atoms with Gasteiger partial charge in [0.05, 0.1) is 23.8 Å². The van der Waals surface area contributed by atoms with Crippen molar-refractivity contribution in [2.24, 2.45) is 0 Å². The van der Waals surface area contributed by atoms with Gasteiger partial charge in [0.1, 0.15) is 11.4 Å². The molecule has 0 amide bonds. The van der Waals surface area contributed by atoms with Gasteiger partial charge in [-0.25, -0.2) is 4.98 Å². The summed E-state index contributed by atoms with van der Waals surface area (Å²) < 4.78 is 18.0. The summed E-state index contributed by atoms with van der Waals surface area (Å²) in [6.45, 7) is 8.24. The Balaban J connectivity index is 1.76. The van der Waals surface area contributed by atoms with E-state index >= 15 is 0 Å². The largest absolute Gasteiger partial charge is 0.494 e. The molecule has 0 N–H and O–H groups in total. The van der Waals surface area contributed by atoms with Crippen LogP contribution in [-0.2, 0) is 9.31 Å². The third-order valence-corrected chi connectivity index (χ3v) is 5.60. The summed E-state index contributed by atoms with van der Waals surface area (Å²) in [5, 5.41) is 0.999. The third kappa shape index (κ3) is 3.11. The van der Waals surface area contributed by atoms with Crippen LogP contribution in [0.15, 0.2) is 54.6 Å². The molecule has 4 nitrogen and oxygen atoms in total. The molecule has 1 fully saturated rings. The summed E-state index contributed by atoms with van der Waals surface area (Å²) in [5.41, 5.74) is 3.05. The summed E-state index contributed by atoms with van der Waals surface area (Å²) in [7, 11) is 1.28. The molecule has 5 heteroatoms. The number of pyridine rings is 1. The summed E-state index contributed by atoms with van der Waals surface area (Å²) in [6.07, 6.45) is 0. The normalized spacial score (nSPS) is 18.0. The predicted octanol–water partition coefficient (Wildman–Crippen LogP) is 4.21. The number of hydrogen-bond donors (Lipinski definition) is 0. The molecule has 1 aromatic heterocycles. The fraction of sp³-hybridized carbons (Fsp3) is 0.318. The third-order valence-electron chi connectivity index (χ3n) is 5.60. The fourth-order valence-corrected chi connectivity index (χ4v) is 3.26. The highest BCUT2D eigenvalue weighted by atomic mass is 16.7. The van der Waals surface area contributed by atoms with Crippen molar-refractivity contribution in [1.29, 1.82) is 0 Å². The minimum Gasteiger partial charge on any atom is -0.494 e. The fourth-order valence-electron chi connectivity index (χ4n) is 3.26. The molecule has 0 aliphatic carbocycles. The Bertz CT molecular complexity index is 970. The van der Waals surface area contributed by atoms with Gasteiger partial charge in [0.2, 0.25) is 0 Å². The van der Waals surface area contributed by atoms with Gasteiger partial charge in [-0.3, -0.25) is 0 Å². The molecule has 2 heterocycles. The molecule has 4 rings (SSSR count). The molecule has 0 saturated carbocycles. The van der Waals surface area contributed by atoms with E-state index in [2.05, 4.69) is 33.8 Å². The van der Waals surface area contributed by atoms with Crippen molar-refractivity contribution in [3.8, 4) is 17.0 Å². The Morgan fingerprint density at radius 1 is 0.889 bits per heavy atom. The number of rotatable bonds is 3. The molecule has 138 valence electrons. The number of fused-ring (bicyclic) bond motifs is 1. The van der Waals surface area contributed by atoms with E-state index in [-0.39, 0.29) is 18.3 Å². The molecule has 0 spiro atoms. The van der Waals surface area contributed by atoms with E-state index in [1.807, 2.05) is 48.5 Å². The van der Waals surface area contributed by atoms with Crippen molar-refractivity contribution in [3.05, 3.63) is 54.6 Å². The van der Waals surface area contributed by atoms with Gasteiger partial charge in [-0.1, -0.05) is 42.5 Å². The zero-order chi connectivity index (χ0) is 19.2. The second-order valence-corrected chi connectivity index (χ2v) is 7.95. The first-order valence-electron chi connectivity index (χ1n) is 9.20. The maximum absolute atomic E-state index is 6.17. The number of aromatic nitrogens is 1. The first kappa shape index (κ1) is 18.0. The van der Waals surface area contributed by atoms with E-state index in [1.165, 1.54) is 0 Å². The summed E-state index contributed by atoms with van der Waals surface area (Å²) in [6, 6.07) is 18.2. The Labute approximate surface area is 160 Å². The highest BCUT2D eigenvalue weighted by Gasteiger charge is 2.51. The SMILES string of the molecule is COc1cc2cc(B3OC(C)(C)C(C)(C)O3)ccc2nc1-c1ccccc1. The summed E-state index contributed by atoms with van der Waals surface area (Å²) in [5.74, 6) is 0.750. The Kier molecular flexibility index (Phi) is 4.24. The topological polar surface area (TPSA) is 40.6 Å². The van der Waals surface area contributed by atoms with Crippen molar-refractivity contribution in [2.45, 2.75) is 38.9 Å². The van der Waals surface area contributed by atoms with Crippen LogP contribution in [0.4, 0.5) is 0 Å².